The lowest BCUT2D eigenvalue weighted by atomic mass is 10.1. The second-order valence-corrected chi connectivity index (χ2v) is 6.14. The van der Waals surface area contributed by atoms with Crippen molar-refractivity contribution in [3.8, 4) is 17.6 Å². The van der Waals surface area contributed by atoms with E-state index in [1.165, 1.54) is 11.3 Å². The summed E-state index contributed by atoms with van der Waals surface area (Å²) in [6.45, 7) is 0. The molecule has 3 rings (SSSR count). The van der Waals surface area contributed by atoms with Gasteiger partial charge < -0.3 is 4.74 Å². The van der Waals surface area contributed by atoms with Crippen molar-refractivity contribution in [2.75, 3.05) is 0 Å². The fourth-order valence-electron chi connectivity index (χ4n) is 2.26. The molecular weight excluding hydrogens is 320 g/mol. The van der Waals surface area contributed by atoms with Gasteiger partial charge >= 0.3 is 0 Å². The number of nitrogens with zero attached hydrogens (tertiary/aromatic N) is 2. The number of hydrogen-bond acceptors (Lipinski definition) is 5. The molecule has 0 unspecified atom stereocenters. The summed E-state index contributed by atoms with van der Waals surface area (Å²) in [7, 11) is 0. The number of carbonyl (C=O) groups is 1. The van der Waals surface area contributed by atoms with Crippen molar-refractivity contribution >= 4 is 17.1 Å². The van der Waals surface area contributed by atoms with Crippen molar-refractivity contribution in [2.24, 2.45) is 0 Å². The summed E-state index contributed by atoms with van der Waals surface area (Å²) >= 11 is 1.48. The molecule has 118 valence electrons. The maximum absolute atomic E-state index is 12.2. The summed E-state index contributed by atoms with van der Waals surface area (Å²) in [4.78, 5) is 16.4. The molecule has 0 atom stereocenters. The van der Waals surface area contributed by atoms with E-state index >= 15 is 0 Å². The summed E-state index contributed by atoms with van der Waals surface area (Å²) in [5, 5.41) is 11.5. The highest BCUT2D eigenvalue weighted by molar-refractivity contribution is 7.09. The minimum absolute atomic E-state index is 0.0980. The van der Waals surface area contributed by atoms with Crippen LogP contribution in [-0.2, 0) is 17.6 Å². The van der Waals surface area contributed by atoms with Gasteiger partial charge in [0.15, 0.2) is 0 Å². The van der Waals surface area contributed by atoms with Crippen molar-refractivity contribution in [1.82, 2.24) is 4.98 Å². The van der Waals surface area contributed by atoms with E-state index in [-0.39, 0.29) is 5.78 Å². The van der Waals surface area contributed by atoms with Gasteiger partial charge in [0.2, 0.25) is 0 Å². The quantitative estimate of drug-likeness (QED) is 0.679. The Balaban J connectivity index is 1.72. The number of para-hydroxylation sites is 1. The highest BCUT2D eigenvalue weighted by Crippen LogP contribution is 2.26. The van der Waals surface area contributed by atoms with E-state index in [0.717, 1.165) is 10.6 Å². The van der Waals surface area contributed by atoms with Crippen molar-refractivity contribution in [2.45, 2.75) is 12.8 Å². The lowest BCUT2D eigenvalue weighted by Crippen LogP contribution is -2.07. The third-order valence-electron chi connectivity index (χ3n) is 3.40. The van der Waals surface area contributed by atoms with E-state index in [9.17, 15) is 4.79 Å². The van der Waals surface area contributed by atoms with E-state index in [0.29, 0.717) is 29.9 Å². The van der Waals surface area contributed by atoms with Crippen LogP contribution < -0.4 is 4.74 Å². The van der Waals surface area contributed by atoms with E-state index in [2.05, 4.69) is 11.1 Å². The maximum atomic E-state index is 12.2. The number of Topliss-reactive ketones (excluding diaryl/α,β-unsaturated/α-hetero) is 1. The van der Waals surface area contributed by atoms with E-state index < -0.39 is 0 Å². The predicted octanol–water partition coefficient (Wildman–Crippen LogP) is 4.16. The first kappa shape index (κ1) is 15.9. The topological polar surface area (TPSA) is 63.0 Å². The number of nitriles is 1. The van der Waals surface area contributed by atoms with E-state index in [1.807, 2.05) is 29.6 Å². The van der Waals surface area contributed by atoms with Gasteiger partial charge in [0.25, 0.3) is 0 Å². The molecule has 24 heavy (non-hydrogen) atoms. The molecule has 0 amide bonds. The van der Waals surface area contributed by atoms with Crippen molar-refractivity contribution < 1.29 is 9.53 Å². The van der Waals surface area contributed by atoms with E-state index in [4.69, 9.17) is 10.00 Å². The summed E-state index contributed by atoms with van der Waals surface area (Å²) < 4.78 is 5.87. The molecule has 1 heterocycles. The Morgan fingerprint density at radius 3 is 2.62 bits per heavy atom. The predicted molar refractivity (Wildman–Crippen MR) is 92.2 cm³/mol. The molecule has 0 N–H and O–H groups in total. The van der Waals surface area contributed by atoms with Crippen LogP contribution in [-0.4, -0.2) is 10.8 Å². The number of ether oxygens (including phenoxy) is 1. The number of thiazole rings is 1. The largest absolute Gasteiger partial charge is 0.457 e. The van der Waals surface area contributed by atoms with Crippen LogP contribution in [0.2, 0.25) is 0 Å². The van der Waals surface area contributed by atoms with Crippen LogP contribution >= 0.6 is 11.3 Å². The van der Waals surface area contributed by atoms with Crippen LogP contribution in [0.3, 0.4) is 0 Å². The molecule has 0 radical (unpaired) electrons. The first-order valence-electron chi connectivity index (χ1n) is 7.40. The number of carbonyl (C=O) groups excluding carboxylic acids is 1. The summed E-state index contributed by atoms with van der Waals surface area (Å²) in [6.07, 6.45) is 2.34. The first-order valence-corrected chi connectivity index (χ1v) is 8.28. The van der Waals surface area contributed by atoms with Gasteiger partial charge in [-0.1, -0.05) is 18.2 Å². The zero-order valence-electron chi connectivity index (χ0n) is 12.8. The smallest absolute Gasteiger partial charge is 0.144 e. The molecule has 0 aliphatic carbocycles. The molecular formula is C19H14N2O2S. The molecule has 5 heteroatoms. The van der Waals surface area contributed by atoms with Gasteiger partial charge in [-0.2, -0.15) is 5.26 Å². The van der Waals surface area contributed by atoms with Gasteiger partial charge in [-0.05, 0) is 30.3 Å². The monoisotopic (exact) mass is 334 g/mol. The van der Waals surface area contributed by atoms with Crippen LogP contribution in [0.5, 0.6) is 11.5 Å². The van der Waals surface area contributed by atoms with Crippen molar-refractivity contribution in [3.63, 3.8) is 0 Å². The molecule has 3 aromatic rings. The van der Waals surface area contributed by atoms with E-state index in [1.54, 1.807) is 30.5 Å². The zero-order chi connectivity index (χ0) is 16.8. The second kappa shape index (κ2) is 7.53. The number of aromatic nitrogens is 1. The maximum Gasteiger partial charge on any atom is 0.144 e. The lowest BCUT2D eigenvalue weighted by molar-refractivity contribution is -0.117. The summed E-state index contributed by atoms with van der Waals surface area (Å²) in [5.41, 5.74) is 1.41. The lowest BCUT2D eigenvalue weighted by Gasteiger charge is -2.10. The van der Waals surface area contributed by atoms with Crippen LogP contribution in [0.25, 0.3) is 0 Å². The molecule has 1 aromatic heterocycles. The molecule has 0 fully saturated rings. The molecule has 0 bridgehead atoms. The molecule has 0 saturated carbocycles. The molecule has 0 spiro atoms. The second-order valence-electron chi connectivity index (χ2n) is 5.16. The van der Waals surface area contributed by atoms with Gasteiger partial charge in [-0.25, -0.2) is 4.98 Å². The van der Waals surface area contributed by atoms with Gasteiger partial charge in [0.1, 0.15) is 17.3 Å². The normalized spacial score (nSPS) is 10.1. The number of benzene rings is 2. The van der Waals surface area contributed by atoms with Crippen LogP contribution in [0.15, 0.2) is 60.1 Å². The van der Waals surface area contributed by atoms with Crippen LogP contribution in [0.1, 0.15) is 16.1 Å². The third kappa shape index (κ3) is 4.06. The minimum atomic E-state index is 0.0980. The Hall–Kier alpha value is -2.97. The third-order valence-corrected chi connectivity index (χ3v) is 4.18. The number of rotatable bonds is 6. The van der Waals surface area contributed by atoms with Gasteiger partial charge in [-0.3, -0.25) is 4.79 Å². The average Bonchev–Trinajstić information content (AvgIpc) is 3.10. The Labute approximate surface area is 144 Å². The Morgan fingerprint density at radius 2 is 1.92 bits per heavy atom. The summed E-state index contributed by atoms with van der Waals surface area (Å²) in [6, 6.07) is 16.4. The van der Waals surface area contributed by atoms with Crippen molar-refractivity contribution in [3.05, 3.63) is 76.2 Å². The molecule has 0 aliphatic rings. The zero-order valence-corrected chi connectivity index (χ0v) is 13.6. The standard InChI is InChI=1S/C19H14N2O2S/c20-13-14-5-7-17(8-6-14)23-18-4-2-1-3-15(18)11-16(22)12-19-21-9-10-24-19/h1-10H,11-12H2. The Bertz CT molecular complexity index is 865. The molecule has 2 aromatic carbocycles. The van der Waals surface area contributed by atoms with Gasteiger partial charge in [-0.15, -0.1) is 11.3 Å². The van der Waals surface area contributed by atoms with Gasteiger partial charge in [0, 0.05) is 23.6 Å². The van der Waals surface area contributed by atoms with Gasteiger partial charge in [0.05, 0.1) is 23.1 Å². The van der Waals surface area contributed by atoms with Crippen LogP contribution in [0, 0.1) is 11.3 Å². The number of ketones is 1. The highest BCUT2D eigenvalue weighted by atomic mass is 32.1. The number of hydrogen-bond donors (Lipinski definition) is 0. The summed E-state index contributed by atoms with van der Waals surface area (Å²) in [5.74, 6) is 1.38. The molecule has 0 aliphatic heterocycles. The molecule has 4 nitrogen and oxygen atoms in total. The minimum Gasteiger partial charge on any atom is -0.457 e. The SMILES string of the molecule is N#Cc1ccc(Oc2ccccc2CC(=O)Cc2nccs2)cc1. The fourth-order valence-corrected chi connectivity index (χ4v) is 2.90. The Morgan fingerprint density at radius 1 is 1.12 bits per heavy atom. The van der Waals surface area contributed by atoms with Crippen molar-refractivity contribution in [1.29, 1.82) is 5.26 Å². The Kier molecular flexibility index (Phi) is 4.99. The average molecular weight is 334 g/mol. The molecule has 0 saturated heterocycles. The highest BCUT2D eigenvalue weighted by Gasteiger charge is 2.11. The van der Waals surface area contributed by atoms with Crippen LogP contribution in [0.4, 0.5) is 0 Å². The first-order chi connectivity index (χ1) is 11.7. The fraction of sp³-hybridized carbons (Fsp3) is 0.105.